The van der Waals surface area contributed by atoms with Gasteiger partial charge in [0.05, 0.1) is 0 Å². The largest absolute Gasteiger partial charge is 0.353 e. The summed E-state index contributed by atoms with van der Waals surface area (Å²) < 4.78 is 0. The Kier molecular flexibility index (Phi) is 5.06. The van der Waals surface area contributed by atoms with Crippen molar-refractivity contribution in [2.45, 2.75) is 20.4 Å². The van der Waals surface area contributed by atoms with Crippen molar-refractivity contribution in [1.29, 1.82) is 0 Å². The molecule has 2 rings (SSSR count). The van der Waals surface area contributed by atoms with Crippen LogP contribution in [0, 0.1) is 0 Å². The number of nitrogens with zero attached hydrogens (tertiary/aromatic N) is 4. The summed E-state index contributed by atoms with van der Waals surface area (Å²) in [5.74, 6) is -0.0579. The molecule has 0 atom stereocenters. The fraction of sp³-hybridized carbons (Fsp3) is 0.500. The van der Waals surface area contributed by atoms with Gasteiger partial charge in [-0.15, -0.1) is 0 Å². The molecule has 0 unspecified atom stereocenters. The minimum atomic E-state index is -0.0579. The van der Waals surface area contributed by atoms with Crippen LogP contribution in [-0.2, 0) is 11.3 Å². The minimum Gasteiger partial charge on any atom is -0.353 e. The molecular formula is C14H21N5O. The van der Waals surface area contributed by atoms with E-state index in [2.05, 4.69) is 34.3 Å². The van der Waals surface area contributed by atoms with E-state index < -0.39 is 0 Å². The van der Waals surface area contributed by atoms with Gasteiger partial charge in [0, 0.05) is 13.1 Å². The van der Waals surface area contributed by atoms with E-state index in [4.69, 9.17) is 0 Å². The molecular weight excluding hydrogens is 254 g/mol. The number of hydrogen-bond donors (Lipinski definition) is 1. The van der Waals surface area contributed by atoms with Crippen LogP contribution in [0.4, 0.5) is 0 Å². The molecule has 1 aromatic heterocycles. The molecule has 0 aliphatic rings. The number of rotatable bonds is 7. The van der Waals surface area contributed by atoms with Crippen LogP contribution in [0.15, 0.2) is 24.3 Å². The third-order valence-corrected chi connectivity index (χ3v) is 3.26. The molecule has 0 aliphatic heterocycles. The first-order valence-corrected chi connectivity index (χ1v) is 7.01. The average Bonchev–Trinajstić information content (AvgIpc) is 2.85. The van der Waals surface area contributed by atoms with Crippen LogP contribution in [0.5, 0.6) is 0 Å². The van der Waals surface area contributed by atoms with E-state index in [9.17, 15) is 4.79 Å². The zero-order valence-corrected chi connectivity index (χ0v) is 12.0. The van der Waals surface area contributed by atoms with Crippen molar-refractivity contribution in [3.63, 3.8) is 0 Å². The van der Waals surface area contributed by atoms with E-state index in [1.54, 1.807) is 0 Å². The van der Waals surface area contributed by atoms with Gasteiger partial charge in [-0.1, -0.05) is 26.0 Å². The molecule has 0 fully saturated rings. The molecule has 20 heavy (non-hydrogen) atoms. The molecule has 1 amide bonds. The number of nitrogens with one attached hydrogen (secondary N) is 1. The Morgan fingerprint density at radius 3 is 2.35 bits per heavy atom. The number of carbonyl (C=O) groups excluding carboxylic acids is 1. The smallest absolute Gasteiger partial charge is 0.243 e. The van der Waals surface area contributed by atoms with Gasteiger partial charge in [-0.05, 0) is 25.2 Å². The Morgan fingerprint density at radius 1 is 1.20 bits per heavy atom. The summed E-state index contributed by atoms with van der Waals surface area (Å²) in [4.78, 5) is 15.5. The van der Waals surface area contributed by atoms with Crippen LogP contribution in [0.3, 0.4) is 0 Å². The Hall–Kier alpha value is -1.95. The first kappa shape index (κ1) is 14.5. The lowest BCUT2D eigenvalue weighted by Gasteiger charge is -2.17. The van der Waals surface area contributed by atoms with Crippen LogP contribution in [0.1, 0.15) is 13.8 Å². The average molecular weight is 275 g/mol. The third kappa shape index (κ3) is 3.77. The van der Waals surface area contributed by atoms with E-state index in [-0.39, 0.29) is 12.5 Å². The number of hydrogen-bond acceptors (Lipinski definition) is 4. The number of amides is 1. The summed E-state index contributed by atoms with van der Waals surface area (Å²) in [7, 11) is 0. The first-order chi connectivity index (χ1) is 9.72. The zero-order valence-electron chi connectivity index (χ0n) is 12.0. The van der Waals surface area contributed by atoms with Gasteiger partial charge in [-0.3, -0.25) is 4.79 Å². The molecule has 6 heteroatoms. The molecule has 108 valence electrons. The second kappa shape index (κ2) is 7.00. The second-order valence-electron chi connectivity index (χ2n) is 4.60. The van der Waals surface area contributed by atoms with Gasteiger partial charge in [0.15, 0.2) is 0 Å². The standard InChI is InChI=1S/C14H21N5O/c1-3-18(4-2)10-9-15-14(20)11-19-16-12-7-5-6-8-13(12)17-19/h5-8H,3-4,9-11H2,1-2H3,(H,15,20). The summed E-state index contributed by atoms with van der Waals surface area (Å²) in [5.41, 5.74) is 1.62. The van der Waals surface area contributed by atoms with Crippen molar-refractivity contribution >= 4 is 16.9 Å². The molecule has 0 spiro atoms. The maximum absolute atomic E-state index is 11.8. The Labute approximate surface area is 118 Å². The van der Waals surface area contributed by atoms with Crippen molar-refractivity contribution in [2.24, 2.45) is 0 Å². The third-order valence-electron chi connectivity index (χ3n) is 3.26. The van der Waals surface area contributed by atoms with Crippen molar-refractivity contribution < 1.29 is 4.79 Å². The molecule has 1 heterocycles. The van der Waals surface area contributed by atoms with E-state index in [1.807, 2.05) is 24.3 Å². The van der Waals surface area contributed by atoms with Crippen molar-refractivity contribution in [2.75, 3.05) is 26.2 Å². The van der Waals surface area contributed by atoms with Gasteiger partial charge in [0.25, 0.3) is 0 Å². The monoisotopic (exact) mass is 275 g/mol. The molecule has 6 nitrogen and oxygen atoms in total. The SMILES string of the molecule is CCN(CC)CCNC(=O)Cn1nc2ccccc2n1. The van der Waals surface area contributed by atoms with Gasteiger partial charge < -0.3 is 10.2 Å². The summed E-state index contributed by atoms with van der Waals surface area (Å²) >= 11 is 0. The number of likely N-dealkylation sites (N-methyl/N-ethyl adjacent to an activating group) is 1. The van der Waals surface area contributed by atoms with E-state index in [0.717, 1.165) is 30.7 Å². The highest BCUT2D eigenvalue weighted by atomic mass is 16.2. The van der Waals surface area contributed by atoms with Crippen LogP contribution < -0.4 is 5.32 Å². The molecule has 0 radical (unpaired) electrons. The lowest BCUT2D eigenvalue weighted by molar-refractivity contribution is -0.122. The summed E-state index contributed by atoms with van der Waals surface area (Å²) in [6.45, 7) is 7.91. The Bertz CT molecular complexity index is 528. The van der Waals surface area contributed by atoms with E-state index >= 15 is 0 Å². The molecule has 0 saturated carbocycles. The maximum atomic E-state index is 11.8. The molecule has 1 aromatic carbocycles. The zero-order chi connectivity index (χ0) is 14.4. The van der Waals surface area contributed by atoms with Gasteiger partial charge in [0.2, 0.25) is 5.91 Å². The van der Waals surface area contributed by atoms with Gasteiger partial charge in [-0.2, -0.15) is 15.0 Å². The first-order valence-electron chi connectivity index (χ1n) is 7.01. The summed E-state index contributed by atoms with van der Waals surface area (Å²) in [5, 5.41) is 11.4. The maximum Gasteiger partial charge on any atom is 0.243 e. The Morgan fingerprint density at radius 2 is 1.80 bits per heavy atom. The highest BCUT2D eigenvalue weighted by Crippen LogP contribution is 2.06. The molecule has 0 aliphatic carbocycles. The molecule has 0 saturated heterocycles. The molecule has 2 aromatic rings. The van der Waals surface area contributed by atoms with E-state index in [1.165, 1.54) is 4.80 Å². The van der Waals surface area contributed by atoms with Crippen LogP contribution in [0.25, 0.3) is 11.0 Å². The van der Waals surface area contributed by atoms with Gasteiger partial charge >= 0.3 is 0 Å². The fourth-order valence-electron chi connectivity index (χ4n) is 2.05. The fourth-order valence-corrected chi connectivity index (χ4v) is 2.05. The number of benzene rings is 1. The minimum absolute atomic E-state index is 0.0579. The van der Waals surface area contributed by atoms with Crippen LogP contribution in [0.2, 0.25) is 0 Å². The lowest BCUT2D eigenvalue weighted by atomic mass is 10.3. The highest BCUT2D eigenvalue weighted by Gasteiger charge is 2.07. The highest BCUT2D eigenvalue weighted by molar-refractivity contribution is 5.77. The van der Waals surface area contributed by atoms with Gasteiger partial charge in [0.1, 0.15) is 17.6 Å². The normalized spacial score (nSPS) is 11.2. The molecule has 1 N–H and O–H groups in total. The van der Waals surface area contributed by atoms with Crippen molar-refractivity contribution in [3.05, 3.63) is 24.3 Å². The van der Waals surface area contributed by atoms with Crippen molar-refractivity contribution in [3.8, 4) is 0 Å². The second-order valence-corrected chi connectivity index (χ2v) is 4.60. The number of aromatic nitrogens is 3. The quantitative estimate of drug-likeness (QED) is 0.815. The number of carbonyl (C=O) groups is 1. The van der Waals surface area contributed by atoms with Crippen LogP contribution in [-0.4, -0.2) is 52.0 Å². The predicted octanol–water partition coefficient (Wildman–Crippen LogP) is 0.889. The lowest BCUT2D eigenvalue weighted by Crippen LogP contribution is -2.36. The topological polar surface area (TPSA) is 63.1 Å². The van der Waals surface area contributed by atoms with E-state index in [0.29, 0.717) is 6.54 Å². The van der Waals surface area contributed by atoms with Gasteiger partial charge in [-0.25, -0.2) is 0 Å². The number of fused-ring (bicyclic) bond motifs is 1. The van der Waals surface area contributed by atoms with Crippen molar-refractivity contribution in [1.82, 2.24) is 25.2 Å². The molecule has 0 bridgehead atoms. The summed E-state index contributed by atoms with van der Waals surface area (Å²) in [6.07, 6.45) is 0. The Balaban J connectivity index is 1.82. The van der Waals surface area contributed by atoms with Crippen LogP contribution >= 0.6 is 0 Å². The summed E-state index contributed by atoms with van der Waals surface area (Å²) in [6, 6.07) is 7.59. The predicted molar refractivity (Wildman–Crippen MR) is 78.3 cm³/mol.